The maximum Gasteiger partial charge on any atom is 0.251 e. The molecule has 21 heavy (non-hydrogen) atoms. The van der Waals surface area contributed by atoms with Crippen LogP contribution in [0.2, 0.25) is 0 Å². The van der Waals surface area contributed by atoms with E-state index in [1.165, 1.54) is 0 Å². The Balaban J connectivity index is 1.91. The number of nitrogens with one attached hydrogen (secondary N) is 1. The fraction of sp³-hybridized carbons (Fsp3) is 0.500. The van der Waals surface area contributed by atoms with Crippen molar-refractivity contribution in [3.63, 3.8) is 0 Å². The third kappa shape index (κ3) is 3.61. The molecule has 1 aliphatic rings. The van der Waals surface area contributed by atoms with Crippen molar-refractivity contribution in [2.45, 2.75) is 26.3 Å². The number of carbonyl (C=O) groups is 2. The second kappa shape index (κ2) is 6.72. The summed E-state index contributed by atoms with van der Waals surface area (Å²) in [5, 5.41) is 12.0. The van der Waals surface area contributed by atoms with Gasteiger partial charge >= 0.3 is 0 Å². The summed E-state index contributed by atoms with van der Waals surface area (Å²) in [5.41, 5.74) is 1.55. The summed E-state index contributed by atoms with van der Waals surface area (Å²) in [6.45, 7) is 4.53. The summed E-state index contributed by atoms with van der Waals surface area (Å²) in [6, 6.07) is 7.11. The van der Waals surface area contributed by atoms with Gasteiger partial charge in [0.05, 0.1) is 19.2 Å². The first kappa shape index (κ1) is 15.5. The van der Waals surface area contributed by atoms with Gasteiger partial charge in [-0.25, -0.2) is 0 Å². The SMILES string of the molecule is Cc1cccc(C(=O)NCC(=O)N2CCC(C)C2CO)c1. The van der Waals surface area contributed by atoms with Crippen LogP contribution in [0.15, 0.2) is 24.3 Å². The minimum absolute atomic E-state index is 0.0290. The van der Waals surface area contributed by atoms with Gasteiger partial charge in [0.2, 0.25) is 5.91 Å². The number of hydrogen-bond acceptors (Lipinski definition) is 3. The van der Waals surface area contributed by atoms with Gasteiger partial charge < -0.3 is 15.3 Å². The number of aliphatic hydroxyl groups excluding tert-OH is 1. The van der Waals surface area contributed by atoms with Crippen LogP contribution in [0.1, 0.15) is 29.3 Å². The number of amides is 2. The predicted molar refractivity (Wildman–Crippen MR) is 79.9 cm³/mol. The van der Waals surface area contributed by atoms with E-state index < -0.39 is 0 Å². The van der Waals surface area contributed by atoms with Gasteiger partial charge in [0.1, 0.15) is 0 Å². The molecule has 1 aliphatic heterocycles. The molecule has 2 atom stereocenters. The van der Waals surface area contributed by atoms with Gasteiger partial charge in [0.15, 0.2) is 0 Å². The molecule has 114 valence electrons. The Morgan fingerprint density at radius 1 is 1.43 bits per heavy atom. The molecular weight excluding hydrogens is 268 g/mol. The van der Waals surface area contributed by atoms with Crippen LogP contribution < -0.4 is 5.32 Å². The first-order valence-electron chi connectivity index (χ1n) is 7.28. The number of nitrogens with zero attached hydrogens (tertiary/aromatic N) is 1. The Bertz CT molecular complexity index is 530. The summed E-state index contributed by atoms with van der Waals surface area (Å²) in [4.78, 5) is 25.8. The average Bonchev–Trinajstić information content (AvgIpc) is 2.85. The van der Waals surface area contributed by atoms with Crippen molar-refractivity contribution in [3.05, 3.63) is 35.4 Å². The second-order valence-electron chi connectivity index (χ2n) is 5.66. The summed E-state index contributed by atoms with van der Waals surface area (Å²) in [5.74, 6) is -0.0920. The summed E-state index contributed by atoms with van der Waals surface area (Å²) in [6.07, 6.45) is 0.892. The molecule has 0 aliphatic carbocycles. The minimum atomic E-state index is -0.250. The molecule has 1 saturated heterocycles. The molecule has 2 amide bonds. The fourth-order valence-corrected chi connectivity index (χ4v) is 2.74. The maximum absolute atomic E-state index is 12.2. The molecule has 1 fully saturated rings. The largest absolute Gasteiger partial charge is 0.394 e. The van der Waals surface area contributed by atoms with Crippen molar-refractivity contribution < 1.29 is 14.7 Å². The van der Waals surface area contributed by atoms with E-state index >= 15 is 0 Å². The lowest BCUT2D eigenvalue weighted by Gasteiger charge is -2.25. The number of hydrogen-bond donors (Lipinski definition) is 2. The van der Waals surface area contributed by atoms with Crippen molar-refractivity contribution in [2.24, 2.45) is 5.92 Å². The van der Waals surface area contributed by atoms with Gasteiger partial charge in [-0.05, 0) is 31.4 Å². The van der Waals surface area contributed by atoms with Gasteiger partial charge in [0, 0.05) is 12.1 Å². The lowest BCUT2D eigenvalue weighted by Crippen LogP contribution is -2.45. The lowest BCUT2D eigenvalue weighted by atomic mass is 10.0. The molecule has 0 radical (unpaired) electrons. The molecule has 5 nitrogen and oxygen atoms in total. The van der Waals surface area contributed by atoms with E-state index in [4.69, 9.17) is 0 Å². The normalized spacial score (nSPS) is 21.4. The highest BCUT2D eigenvalue weighted by Crippen LogP contribution is 2.23. The predicted octanol–water partition coefficient (Wildman–Crippen LogP) is 0.954. The molecule has 1 aromatic carbocycles. The molecule has 0 bridgehead atoms. The average molecular weight is 290 g/mol. The van der Waals surface area contributed by atoms with Crippen LogP contribution in [-0.4, -0.2) is 47.6 Å². The van der Waals surface area contributed by atoms with Crippen LogP contribution in [-0.2, 0) is 4.79 Å². The van der Waals surface area contributed by atoms with Crippen molar-refractivity contribution in [3.8, 4) is 0 Å². The van der Waals surface area contributed by atoms with Crippen LogP contribution in [0.4, 0.5) is 0 Å². The number of aryl methyl sites for hydroxylation is 1. The van der Waals surface area contributed by atoms with Crippen molar-refractivity contribution in [2.75, 3.05) is 19.7 Å². The van der Waals surface area contributed by atoms with Crippen LogP contribution >= 0.6 is 0 Å². The number of carbonyl (C=O) groups excluding carboxylic acids is 2. The Kier molecular flexibility index (Phi) is 4.96. The Morgan fingerprint density at radius 3 is 2.86 bits per heavy atom. The van der Waals surface area contributed by atoms with Gasteiger partial charge in [-0.3, -0.25) is 9.59 Å². The van der Waals surface area contributed by atoms with Crippen LogP contribution in [0.5, 0.6) is 0 Å². The third-order valence-electron chi connectivity index (χ3n) is 4.07. The number of likely N-dealkylation sites (tertiary alicyclic amines) is 1. The van der Waals surface area contributed by atoms with E-state index in [2.05, 4.69) is 5.32 Å². The fourth-order valence-electron chi connectivity index (χ4n) is 2.74. The van der Waals surface area contributed by atoms with E-state index in [1.54, 1.807) is 17.0 Å². The molecule has 2 N–H and O–H groups in total. The molecule has 1 heterocycles. The molecule has 0 saturated carbocycles. The highest BCUT2D eigenvalue weighted by molar-refractivity contribution is 5.96. The van der Waals surface area contributed by atoms with Gasteiger partial charge in [-0.15, -0.1) is 0 Å². The molecule has 5 heteroatoms. The zero-order valence-corrected chi connectivity index (χ0v) is 12.5. The molecular formula is C16H22N2O3. The number of aliphatic hydroxyl groups is 1. The van der Waals surface area contributed by atoms with Gasteiger partial charge in [0.25, 0.3) is 5.91 Å². The van der Waals surface area contributed by atoms with Crippen LogP contribution in [0.3, 0.4) is 0 Å². The zero-order chi connectivity index (χ0) is 15.4. The molecule has 0 spiro atoms. The highest BCUT2D eigenvalue weighted by Gasteiger charge is 2.33. The van der Waals surface area contributed by atoms with Gasteiger partial charge in [-0.1, -0.05) is 24.6 Å². The molecule has 1 aromatic rings. The summed E-state index contributed by atoms with van der Waals surface area (Å²) in [7, 11) is 0. The van der Waals surface area contributed by atoms with E-state index in [-0.39, 0.29) is 31.0 Å². The van der Waals surface area contributed by atoms with Gasteiger partial charge in [-0.2, -0.15) is 0 Å². The van der Waals surface area contributed by atoms with E-state index in [0.717, 1.165) is 12.0 Å². The monoisotopic (exact) mass is 290 g/mol. The third-order valence-corrected chi connectivity index (χ3v) is 4.07. The Labute approximate surface area is 125 Å². The standard InChI is InChI=1S/C16H22N2O3/c1-11-4-3-5-13(8-11)16(21)17-9-15(20)18-7-6-12(2)14(18)10-19/h3-5,8,12,14,19H,6-7,9-10H2,1-2H3,(H,17,21). The van der Waals surface area contributed by atoms with Crippen molar-refractivity contribution in [1.29, 1.82) is 0 Å². The van der Waals surface area contributed by atoms with E-state index in [0.29, 0.717) is 18.0 Å². The number of benzene rings is 1. The minimum Gasteiger partial charge on any atom is -0.394 e. The van der Waals surface area contributed by atoms with E-state index in [1.807, 2.05) is 26.0 Å². The second-order valence-corrected chi connectivity index (χ2v) is 5.66. The molecule has 2 unspecified atom stereocenters. The van der Waals surface area contributed by atoms with Crippen molar-refractivity contribution >= 4 is 11.8 Å². The number of rotatable bonds is 4. The smallest absolute Gasteiger partial charge is 0.251 e. The van der Waals surface area contributed by atoms with E-state index in [9.17, 15) is 14.7 Å². The summed E-state index contributed by atoms with van der Waals surface area (Å²) < 4.78 is 0. The van der Waals surface area contributed by atoms with Crippen molar-refractivity contribution in [1.82, 2.24) is 10.2 Å². The molecule has 0 aromatic heterocycles. The maximum atomic E-state index is 12.2. The lowest BCUT2D eigenvalue weighted by molar-refractivity contribution is -0.132. The van der Waals surface area contributed by atoms with Crippen LogP contribution in [0, 0.1) is 12.8 Å². The van der Waals surface area contributed by atoms with Crippen LogP contribution in [0.25, 0.3) is 0 Å². The zero-order valence-electron chi connectivity index (χ0n) is 12.5. The molecule has 2 rings (SSSR count). The Hall–Kier alpha value is -1.88. The topological polar surface area (TPSA) is 69.6 Å². The quantitative estimate of drug-likeness (QED) is 0.867. The Morgan fingerprint density at radius 2 is 2.19 bits per heavy atom. The first-order chi connectivity index (χ1) is 10.0. The first-order valence-corrected chi connectivity index (χ1v) is 7.28. The highest BCUT2D eigenvalue weighted by atomic mass is 16.3. The summed E-state index contributed by atoms with van der Waals surface area (Å²) >= 11 is 0.